The van der Waals surface area contributed by atoms with Crippen LogP contribution in [0.4, 0.5) is 0 Å². The lowest BCUT2D eigenvalue weighted by Gasteiger charge is -2.02. The van der Waals surface area contributed by atoms with Crippen molar-refractivity contribution in [3.63, 3.8) is 0 Å². The van der Waals surface area contributed by atoms with Gasteiger partial charge in [0.05, 0.1) is 0 Å². The lowest BCUT2D eigenvalue weighted by atomic mass is 10.1. The molecule has 2 aromatic heterocycles. The molecule has 0 saturated heterocycles. The number of nitrogens with zero attached hydrogens (tertiary/aromatic N) is 2. The van der Waals surface area contributed by atoms with E-state index in [0.717, 1.165) is 11.1 Å². The molecule has 0 unspecified atom stereocenters. The summed E-state index contributed by atoms with van der Waals surface area (Å²) in [5.41, 5.74) is 2.60. The Morgan fingerprint density at radius 3 is 1.39 bits per heavy atom. The second-order valence-electron chi connectivity index (χ2n) is 3.98. The Balaban J connectivity index is 2.31. The van der Waals surface area contributed by atoms with E-state index in [1.165, 1.54) is 13.8 Å². The van der Waals surface area contributed by atoms with Gasteiger partial charge in [-0.2, -0.15) is 0 Å². The average Bonchev–Trinajstić information content (AvgIpc) is 2.39. The first-order valence-corrected chi connectivity index (χ1v) is 5.52. The number of hydrogen-bond acceptors (Lipinski definition) is 4. The van der Waals surface area contributed by atoms with Gasteiger partial charge in [0.2, 0.25) is 0 Å². The molecule has 0 aliphatic heterocycles. The Bertz CT molecular complexity index is 531. The fourth-order valence-electron chi connectivity index (χ4n) is 1.55. The fraction of sp³-hybridized carbons (Fsp3) is 0.143. The van der Waals surface area contributed by atoms with Crippen molar-refractivity contribution in [1.29, 1.82) is 0 Å². The number of rotatable bonds is 3. The molecule has 0 radical (unpaired) electrons. The number of pyridine rings is 2. The minimum absolute atomic E-state index is 0.0633. The van der Waals surface area contributed by atoms with E-state index in [4.69, 9.17) is 0 Å². The zero-order valence-electron chi connectivity index (χ0n) is 10.2. The third kappa shape index (κ3) is 2.48. The first kappa shape index (κ1) is 12.1. The minimum atomic E-state index is -0.0633. The predicted octanol–water partition coefficient (Wildman–Crippen LogP) is 2.55. The summed E-state index contributed by atoms with van der Waals surface area (Å²) in [6.07, 6.45) is 3.25. The summed E-state index contributed by atoms with van der Waals surface area (Å²) in [4.78, 5) is 30.3. The van der Waals surface area contributed by atoms with Crippen molar-refractivity contribution in [2.24, 2.45) is 0 Å². The van der Waals surface area contributed by atoms with E-state index < -0.39 is 0 Å². The van der Waals surface area contributed by atoms with Crippen LogP contribution in [0.25, 0.3) is 11.1 Å². The Morgan fingerprint density at radius 1 is 0.778 bits per heavy atom. The Labute approximate surface area is 105 Å². The summed E-state index contributed by atoms with van der Waals surface area (Å²) in [5, 5.41) is 0. The molecule has 0 aromatic carbocycles. The van der Waals surface area contributed by atoms with Crippen molar-refractivity contribution >= 4 is 11.6 Å². The van der Waals surface area contributed by atoms with E-state index in [2.05, 4.69) is 9.97 Å². The molecule has 4 heteroatoms. The standard InChI is InChI=1S/C14H12N2O2/c1-9(17)13-5-3-11(7-15-13)12-4-6-14(10(2)18)16-8-12/h3-8H,1-2H3. The van der Waals surface area contributed by atoms with Crippen molar-refractivity contribution in [2.75, 3.05) is 0 Å². The zero-order valence-corrected chi connectivity index (χ0v) is 10.2. The summed E-state index contributed by atoms with van der Waals surface area (Å²) >= 11 is 0. The zero-order chi connectivity index (χ0) is 13.1. The molecule has 0 amide bonds. The highest BCUT2D eigenvalue weighted by atomic mass is 16.1. The predicted molar refractivity (Wildman–Crippen MR) is 67.5 cm³/mol. The summed E-state index contributed by atoms with van der Waals surface area (Å²) in [6.45, 7) is 2.95. The van der Waals surface area contributed by atoms with Gasteiger partial charge in [0.25, 0.3) is 0 Å². The fourth-order valence-corrected chi connectivity index (χ4v) is 1.55. The van der Waals surface area contributed by atoms with Gasteiger partial charge in [-0.1, -0.05) is 12.1 Å². The molecular weight excluding hydrogens is 228 g/mol. The van der Waals surface area contributed by atoms with Gasteiger partial charge in [-0.05, 0) is 12.1 Å². The van der Waals surface area contributed by atoms with E-state index in [1.54, 1.807) is 24.5 Å². The number of carbonyl (C=O) groups excluding carboxylic acids is 2. The van der Waals surface area contributed by atoms with E-state index in [9.17, 15) is 9.59 Å². The molecule has 0 spiro atoms. The highest BCUT2D eigenvalue weighted by Crippen LogP contribution is 2.17. The maximum atomic E-state index is 11.1. The third-order valence-electron chi connectivity index (χ3n) is 2.58. The number of aromatic nitrogens is 2. The molecule has 0 aliphatic carbocycles. The van der Waals surface area contributed by atoms with Crippen LogP contribution in [-0.4, -0.2) is 21.5 Å². The highest BCUT2D eigenvalue weighted by molar-refractivity contribution is 5.93. The molecule has 0 N–H and O–H groups in total. The van der Waals surface area contributed by atoms with Crippen LogP contribution in [0.1, 0.15) is 34.8 Å². The molecule has 0 atom stereocenters. The molecule has 0 bridgehead atoms. The molecule has 0 aliphatic rings. The molecular formula is C14H12N2O2. The third-order valence-corrected chi connectivity index (χ3v) is 2.58. The topological polar surface area (TPSA) is 59.9 Å². The molecule has 2 heterocycles. The van der Waals surface area contributed by atoms with Crippen LogP contribution >= 0.6 is 0 Å². The minimum Gasteiger partial charge on any atom is -0.293 e. The van der Waals surface area contributed by atoms with Crippen LogP contribution < -0.4 is 0 Å². The molecule has 2 rings (SSSR count). The first-order chi connectivity index (χ1) is 8.58. The van der Waals surface area contributed by atoms with Gasteiger partial charge >= 0.3 is 0 Å². The monoisotopic (exact) mass is 240 g/mol. The molecule has 4 nitrogen and oxygen atoms in total. The summed E-state index contributed by atoms with van der Waals surface area (Å²) in [7, 11) is 0. The Hall–Kier alpha value is -2.36. The van der Waals surface area contributed by atoms with Crippen molar-refractivity contribution in [1.82, 2.24) is 9.97 Å². The number of carbonyl (C=O) groups is 2. The van der Waals surface area contributed by atoms with Gasteiger partial charge in [-0.3, -0.25) is 19.6 Å². The Morgan fingerprint density at radius 2 is 1.17 bits per heavy atom. The molecule has 90 valence electrons. The first-order valence-electron chi connectivity index (χ1n) is 5.52. The molecule has 0 fully saturated rings. The lowest BCUT2D eigenvalue weighted by molar-refractivity contribution is 0.100. The van der Waals surface area contributed by atoms with E-state index in [-0.39, 0.29) is 11.6 Å². The van der Waals surface area contributed by atoms with Crippen molar-refractivity contribution in [3.05, 3.63) is 48.0 Å². The maximum Gasteiger partial charge on any atom is 0.178 e. The van der Waals surface area contributed by atoms with Crippen molar-refractivity contribution < 1.29 is 9.59 Å². The Kier molecular flexibility index (Phi) is 3.28. The number of hydrogen-bond donors (Lipinski definition) is 0. The van der Waals surface area contributed by atoms with E-state index >= 15 is 0 Å². The van der Waals surface area contributed by atoms with Gasteiger partial charge in [-0.25, -0.2) is 0 Å². The maximum absolute atomic E-state index is 11.1. The SMILES string of the molecule is CC(=O)c1ccc(-c2ccc(C(C)=O)nc2)cn1. The largest absolute Gasteiger partial charge is 0.293 e. The van der Waals surface area contributed by atoms with Crippen LogP contribution in [0.2, 0.25) is 0 Å². The number of Topliss-reactive ketones (excluding diaryl/α,β-unsaturated/α-hetero) is 2. The second-order valence-corrected chi connectivity index (χ2v) is 3.98. The second kappa shape index (κ2) is 4.87. The van der Waals surface area contributed by atoms with Crippen LogP contribution in [0.3, 0.4) is 0 Å². The molecule has 0 saturated carbocycles. The van der Waals surface area contributed by atoms with Gasteiger partial charge in [0.15, 0.2) is 11.6 Å². The lowest BCUT2D eigenvalue weighted by Crippen LogP contribution is -1.97. The average molecular weight is 240 g/mol. The van der Waals surface area contributed by atoms with Crippen molar-refractivity contribution in [2.45, 2.75) is 13.8 Å². The van der Waals surface area contributed by atoms with E-state index in [0.29, 0.717) is 11.4 Å². The highest BCUT2D eigenvalue weighted by Gasteiger charge is 2.04. The normalized spacial score (nSPS) is 10.1. The molecule has 18 heavy (non-hydrogen) atoms. The van der Waals surface area contributed by atoms with Crippen molar-refractivity contribution in [3.8, 4) is 11.1 Å². The van der Waals surface area contributed by atoms with Gasteiger partial charge in [-0.15, -0.1) is 0 Å². The van der Waals surface area contributed by atoms with Gasteiger partial charge < -0.3 is 0 Å². The van der Waals surface area contributed by atoms with Crippen LogP contribution in [0.5, 0.6) is 0 Å². The molecule has 2 aromatic rings. The number of ketones is 2. The summed E-state index contributed by atoms with van der Waals surface area (Å²) in [5.74, 6) is -0.127. The van der Waals surface area contributed by atoms with Gasteiger partial charge in [0, 0.05) is 37.4 Å². The summed E-state index contributed by atoms with van der Waals surface area (Å²) < 4.78 is 0. The van der Waals surface area contributed by atoms with Crippen LogP contribution in [0, 0.1) is 0 Å². The smallest absolute Gasteiger partial charge is 0.178 e. The van der Waals surface area contributed by atoms with E-state index in [1.807, 2.05) is 12.1 Å². The quantitative estimate of drug-likeness (QED) is 0.773. The summed E-state index contributed by atoms with van der Waals surface area (Å²) in [6, 6.07) is 6.98. The van der Waals surface area contributed by atoms with Crippen LogP contribution in [-0.2, 0) is 0 Å². The van der Waals surface area contributed by atoms with Gasteiger partial charge in [0.1, 0.15) is 11.4 Å². The van der Waals surface area contributed by atoms with Crippen LogP contribution in [0.15, 0.2) is 36.7 Å².